The lowest BCUT2D eigenvalue weighted by Crippen LogP contribution is -2.41. The molecule has 0 bridgehead atoms. The zero-order chi connectivity index (χ0) is 25.4. The SMILES string of the molecule is CNC(=O)c1ccc(CN(CC(=O)N(C)CC(=O)Nc2c(C)cccc2C)Cc2ccco2)cc1. The zero-order valence-corrected chi connectivity index (χ0v) is 20.6. The quantitative estimate of drug-likeness (QED) is 0.468. The normalized spacial score (nSPS) is 10.8. The lowest BCUT2D eigenvalue weighted by atomic mass is 10.1. The first-order valence-electron chi connectivity index (χ1n) is 11.4. The molecule has 0 fully saturated rings. The van der Waals surface area contributed by atoms with E-state index in [0.29, 0.717) is 18.7 Å². The lowest BCUT2D eigenvalue weighted by molar-refractivity contribution is -0.134. The molecule has 35 heavy (non-hydrogen) atoms. The molecule has 0 saturated carbocycles. The molecule has 8 heteroatoms. The Hall–Kier alpha value is -3.91. The maximum atomic E-state index is 13.0. The van der Waals surface area contributed by atoms with Crippen molar-refractivity contribution in [2.75, 3.05) is 32.5 Å². The zero-order valence-electron chi connectivity index (χ0n) is 20.6. The number of hydrogen-bond donors (Lipinski definition) is 2. The Morgan fingerprint density at radius 2 is 1.57 bits per heavy atom. The summed E-state index contributed by atoms with van der Waals surface area (Å²) < 4.78 is 5.48. The first-order chi connectivity index (χ1) is 16.8. The number of carbonyl (C=O) groups is 3. The topological polar surface area (TPSA) is 94.9 Å². The molecule has 3 aromatic rings. The monoisotopic (exact) mass is 476 g/mol. The van der Waals surface area contributed by atoms with Gasteiger partial charge in [-0.05, 0) is 54.8 Å². The van der Waals surface area contributed by atoms with Crippen molar-refractivity contribution in [1.82, 2.24) is 15.1 Å². The summed E-state index contributed by atoms with van der Waals surface area (Å²) in [5.41, 5.74) is 4.24. The van der Waals surface area contributed by atoms with Crippen molar-refractivity contribution in [3.8, 4) is 0 Å². The molecule has 0 aliphatic carbocycles. The molecule has 0 aliphatic rings. The second-order valence-corrected chi connectivity index (χ2v) is 8.57. The Bertz CT molecular complexity index is 1140. The van der Waals surface area contributed by atoms with Crippen LogP contribution in [-0.4, -0.2) is 54.7 Å². The maximum Gasteiger partial charge on any atom is 0.251 e. The summed E-state index contributed by atoms with van der Waals surface area (Å²) in [4.78, 5) is 40.8. The fourth-order valence-electron chi connectivity index (χ4n) is 3.76. The van der Waals surface area contributed by atoms with Crippen LogP contribution in [0.5, 0.6) is 0 Å². The fraction of sp³-hybridized carbons (Fsp3) is 0.296. The number of benzene rings is 2. The second-order valence-electron chi connectivity index (χ2n) is 8.57. The number of nitrogens with one attached hydrogen (secondary N) is 2. The lowest BCUT2D eigenvalue weighted by Gasteiger charge is -2.24. The number of anilines is 1. The summed E-state index contributed by atoms with van der Waals surface area (Å²) in [5.74, 6) is 0.144. The van der Waals surface area contributed by atoms with Gasteiger partial charge in [0.05, 0.1) is 25.9 Å². The van der Waals surface area contributed by atoms with Crippen LogP contribution >= 0.6 is 0 Å². The predicted octanol–water partition coefficient (Wildman–Crippen LogP) is 3.36. The van der Waals surface area contributed by atoms with Gasteiger partial charge in [-0.2, -0.15) is 0 Å². The summed E-state index contributed by atoms with van der Waals surface area (Å²) in [5, 5.41) is 5.52. The number of amides is 3. The van der Waals surface area contributed by atoms with E-state index in [2.05, 4.69) is 10.6 Å². The first-order valence-corrected chi connectivity index (χ1v) is 11.4. The molecule has 0 aliphatic heterocycles. The second kappa shape index (κ2) is 12.0. The number of furan rings is 1. The molecule has 0 saturated heterocycles. The summed E-state index contributed by atoms with van der Waals surface area (Å²) in [6.45, 7) is 4.82. The summed E-state index contributed by atoms with van der Waals surface area (Å²) in [6.07, 6.45) is 1.59. The Morgan fingerprint density at radius 1 is 0.886 bits per heavy atom. The smallest absolute Gasteiger partial charge is 0.251 e. The minimum atomic E-state index is -0.249. The van der Waals surface area contributed by atoms with Crippen LogP contribution in [0.4, 0.5) is 5.69 Å². The van der Waals surface area contributed by atoms with Crippen molar-refractivity contribution in [1.29, 1.82) is 0 Å². The highest BCUT2D eigenvalue weighted by atomic mass is 16.3. The van der Waals surface area contributed by atoms with Gasteiger partial charge < -0.3 is 20.0 Å². The number of hydrogen-bond acceptors (Lipinski definition) is 5. The molecule has 1 aromatic heterocycles. The van der Waals surface area contributed by atoms with Gasteiger partial charge in [-0.15, -0.1) is 0 Å². The van der Waals surface area contributed by atoms with E-state index >= 15 is 0 Å². The number of rotatable bonds is 10. The molecule has 0 spiro atoms. The highest BCUT2D eigenvalue weighted by Crippen LogP contribution is 2.19. The third kappa shape index (κ3) is 7.28. The van der Waals surface area contributed by atoms with Crippen LogP contribution in [0.3, 0.4) is 0 Å². The Balaban J connectivity index is 1.64. The van der Waals surface area contributed by atoms with Crippen LogP contribution in [0.2, 0.25) is 0 Å². The van der Waals surface area contributed by atoms with Crippen LogP contribution in [0.1, 0.15) is 32.8 Å². The van der Waals surface area contributed by atoms with Gasteiger partial charge in [0.1, 0.15) is 5.76 Å². The number of para-hydroxylation sites is 1. The van der Waals surface area contributed by atoms with Crippen LogP contribution < -0.4 is 10.6 Å². The van der Waals surface area contributed by atoms with Gasteiger partial charge in [0.15, 0.2) is 0 Å². The Labute approximate surface area is 205 Å². The molecule has 184 valence electrons. The van der Waals surface area contributed by atoms with E-state index < -0.39 is 0 Å². The van der Waals surface area contributed by atoms with Crippen molar-refractivity contribution in [2.45, 2.75) is 26.9 Å². The molecular formula is C27H32N4O4. The molecule has 2 N–H and O–H groups in total. The molecule has 0 radical (unpaired) electrons. The Morgan fingerprint density at radius 3 is 2.17 bits per heavy atom. The summed E-state index contributed by atoms with van der Waals surface area (Å²) >= 11 is 0. The Kier molecular flexibility index (Phi) is 8.80. The van der Waals surface area contributed by atoms with Crippen molar-refractivity contribution in [3.05, 3.63) is 88.9 Å². The largest absolute Gasteiger partial charge is 0.468 e. The molecule has 2 aromatic carbocycles. The average Bonchev–Trinajstić information content (AvgIpc) is 3.34. The highest BCUT2D eigenvalue weighted by Gasteiger charge is 2.19. The minimum absolute atomic E-state index is 0.0535. The molecule has 8 nitrogen and oxygen atoms in total. The van der Waals surface area contributed by atoms with Crippen LogP contribution in [-0.2, 0) is 22.7 Å². The van der Waals surface area contributed by atoms with Gasteiger partial charge in [-0.1, -0.05) is 30.3 Å². The van der Waals surface area contributed by atoms with Gasteiger partial charge in [-0.25, -0.2) is 0 Å². The molecular weight excluding hydrogens is 444 g/mol. The molecule has 3 amide bonds. The van der Waals surface area contributed by atoms with E-state index in [4.69, 9.17) is 4.42 Å². The number of carbonyl (C=O) groups excluding carboxylic acids is 3. The predicted molar refractivity (Wildman–Crippen MR) is 135 cm³/mol. The van der Waals surface area contributed by atoms with Gasteiger partial charge >= 0.3 is 0 Å². The van der Waals surface area contributed by atoms with E-state index in [1.807, 2.05) is 55.1 Å². The van der Waals surface area contributed by atoms with Crippen LogP contribution in [0.25, 0.3) is 0 Å². The third-order valence-corrected chi connectivity index (χ3v) is 5.72. The van der Waals surface area contributed by atoms with Gasteiger partial charge in [-0.3, -0.25) is 19.3 Å². The maximum absolute atomic E-state index is 13.0. The number of nitrogens with zero attached hydrogens (tertiary/aromatic N) is 2. The van der Waals surface area contributed by atoms with Crippen molar-refractivity contribution < 1.29 is 18.8 Å². The van der Waals surface area contributed by atoms with Crippen molar-refractivity contribution >= 4 is 23.4 Å². The van der Waals surface area contributed by atoms with Gasteiger partial charge in [0.2, 0.25) is 11.8 Å². The van der Waals surface area contributed by atoms with E-state index in [-0.39, 0.29) is 30.8 Å². The minimum Gasteiger partial charge on any atom is -0.468 e. The summed E-state index contributed by atoms with van der Waals surface area (Å²) in [7, 11) is 3.21. The first kappa shape index (κ1) is 25.7. The van der Waals surface area contributed by atoms with Crippen molar-refractivity contribution in [3.63, 3.8) is 0 Å². The average molecular weight is 477 g/mol. The molecule has 0 atom stereocenters. The standard InChI is InChI=1S/C27H32N4O4/c1-19-7-5-8-20(2)26(19)29-24(32)17-30(4)25(33)18-31(16-23-9-6-14-35-23)15-21-10-12-22(13-11-21)27(34)28-3/h5-14H,15-18H2,1-4H3,(H,28,34)(H,29,32). The van der Waals surface area contributed by atoms with E-state index in [9.17, 15) is 14.4 Å². The number of aryl methyl sites for hydroxylation is 2. The molecule has 0 unspecified atom stereocenters. The molecule has 1 heterocycles. The van der Waals surface area contributed by atoms with Crippen LogP contribution in [0, 0.1) is 13.8 Å². The van der Waals surface area contributed by atoms with Gasteiger partial charge in [0.25, 0.3) is 5.91 Å². The van der Waals surface area contributed by atoms with E-state index in [1.54, 1.807) is 38.6 Å². The highest BCUT2D eigenvalue weighted by molar-refractivity contribution is 5.96. The van der Waals surface area contributed by atoms with Crippen LogP contribution in [0.15, 0.2) is 65.3 Å². The third-order valence-electron chi connectivity index (χ3n) is 5.72. The van der Waals surface area contributed by atoms with Gasteiger partial charge in [0, 0.05) is 31.9 Å². The van der Waals surface area contributed by atoms with Crippen molar-refractivity contribution in [2.24, 2.45) is 0 Å². The van der Waals surface area contributed by atoms with E-state index in [1.165, 1.54) is 4.90 Å². The fourth-order valence-corrected chi connectivity index (χ4v) is 3.76. The van der Waals surface area contributed by atoms with E-state index in [0.717, 1.165) is 28.1 Å². The summed E-state index contributed by atoms with van der Waals surface area (Å²) in [6, 6.07) is 16.7. The number of likely N-dealkylation sites (N-methyl/N-ethyl adjacent to an activating group) is 1. The molecule has 3 rings (SSSR count).